The van der Waals surface area contributed by atoms with Gasteiger partial charge in [-0.1, -0.05) is 24.3 Å². The topological polar surface area (TPSA) is 15.3 Å². The van der Waals surface area contributed by atoms with Gasteiger partial charge in [0.15, 0.2) is 0 Å². The van der Waals surface area contributed by atoms with E-state index in [2.05, 4.69) is 41.5 Å². The van der Waals surface area contributed by atoms with Gasteiger partial charge in [-0.2, -0.15) is 0 Å². The lowest BCUT2D eigenvalue weighted by Crippen LogP contribution is -2.50. The first-order chi connectivity index (χ1) is 7.90. The van der Waals surface area contributed by atoms with Crippen molar-refractivity contribution in [3.63, 3.8) is 0 Å². The fourth-order valence-electron chi connectivity index (χ4n) is 3.35. The first-order valence-corrected chi connectivity index (χ1v) is 6.39. The van der Waals surface area contributed by atoms with Gasteiger partial charge in [0.2, 0.25) is 0 Å². The number of piperidine rings is 1. The summed E-state index contributed by atoms with van der Waals surface area (Å²) in [5.41, 5.74) is 3.12. The summed E-state index contributed by atoms with van der Waals surface area (Å²) in [5, 5.41) is 3.50. The van der Waals surface area contributed by atoms with Crippen LogP contribution in [-0.2, 0) is 6.42 Å². The quantitative estimate of drug-likeness (QED) is 0.772. The van der Waals surface area contributed by atoms with E-state index in [9.17, 15) is 0 Å². The fraction of sp³-hybridized carbons (Fsp3) is 0.571. The molecule has 86 valence electrons. The second kappa shape index (κ2) is 4.19. The number of hydrogen-bond donors (Lipinski definition) is 1. The molecule has 1 aromatic carbocycles. The normalized spacial score (nSPS) is 29.6. The van der Waals surface area contributed by atoms with Crippen LogP contribution in [0.5, 0.6) is 0 Å². The molecule has 0 spiro atoms. The SMILES string of the molecule is CNC1CCCN2CCc3ccccc3C12. The van der Waals surface area contributed by atoms with Gasteiger partial charge in [-0.15, -0.1) is 0 Å². The minimum absolute atomic E-state index is 0.615. The highest BCUT2D eigenvalue weighted by Gasteiger charge is 2.35. The first-order valence-electron chi connectivity index (χ1n) is 6.39. The Kier molecular flexibility index (Phi) is 2.70. The van der Waals surface area contributed by atoms with Crippen molar-refractivity contribution in [1.82, 2.24) is 10.2 Å². The standard InChI is InChI=1S/C14H20N2/c1-15-13-7-4-9-16-10-8-11-5-2-3-6-12(11)14(13)16/h2-3,5-6,13-15H,4,7-10H2,1H3. The molecule has 0 bridgehead atoms. The van der Waals surface area contributed by atoms with E-state index in [-0.39, 0.29) is 0 Å². The van der Waals surface area contributed by atoms with Gasteiger partial charge in [0.05, 0.1) is 6.04 Å². The van der Waals surface area contributed by atoms with Crippen LogP contribution in [0.3, 0.4) is 0 Å². The molecule has 0 aliphatic carbocycles. The summed E-state index contributed by atoms with van der Waals surface area (Å²) in [6.07, 6.45) is 3.87. The van der Waals surface area contributed by atoms with Crippen molar-refractivity contribution < 1.29 is 0 Å². The predicted molar refractivity (Wildman–Crippen MR) is 66.5 cm³/mol. The van der Waals surface area contributed by atoms with Crippen molar-refractivity contribution >= 4 is 0 Å². The van der Waals surface area contributed by atoms with Crippen LogP contribution < -0.4 is 5.32 Å². The van der Waals surface area contributed by atoms with Gasteiger partial charge in [-0.25, -0.2) is 0 Å². The lowest BCUT2D eigenvalue weighted by Gasteiger charge is -2.45. The Morgan fingerprint density at radius 2 is 2.12 bits per heavy atom. The number of nitrogens with one attached hydrogen (secondary N) is 1. The number of likely N-dealkylation sites (N-methyl/N-ethyl adjacent to an activating group) is 1. The Morgan fingerprint density at radius 3 is 3.00 bits per heavy atom. The molecule has 3 rings (SSSR count). The van der Waals surface area contributed by atoms with Crippen LogP contribution in [0.15, 0.2) is 24.3 Å². The van der Waals surface area contributed by atoms with Gasteiger partial charge in [0, 0.05) is 12.6 Å². The predicted octanol–water partition coefficient (Wildman–Crippen LogP) is 1.97. The van der Waals surface area contributed by atoms with Gasteiger partial charge in [-0.3, -0.25) is 4.90 Å². The molecule has 2 aliphatic heterocycles. The molecule has 2 atom stereocenters. The minimum Gasteiger partial charge on any atom is -0.315 e. The third kappa shape index (κ3) is 1.57. The van der Waals surface area contributed by atoms with Crippen molar-refractivity contribution in [3.8, 4) is 0 Å². The zero-order valence-electron chi connectivity index (χ0n) is 9.95. The summed E-state index contributed by atoms with van der Waals surface area (Å²) >= 11 is 0. The molecule has 2 heteroatoms. The summed E-state index contributed by atoms with van der Waals surface area (Å²) in [7, 11) is 2.10. The van der Waals surface area contributed by atoms with Crippen LogP contribution in [0.25, 0.3) is 0 Å². The number of rotatable bonds is 1. The molecule has 1 saturated heterocycles. The molecule has 2 unspecified atom stereocenters. The van der Waals surface area contributed by atoms with Crippen LogP contribution >= 0.6 is 0 Å². The van der Waals surface area contributed by atoms with Crippen molar-refractivity contribution in [1.29, 1.82) is 0 Å². The highest BCUT2D eigenvalue weighted by atomic mass is 15.2. The van der Waals surface area contributed by atoms with Gasteiger partial charge >= 0.3 is 0 Å². The highest BCUT2D eigenvalue weighted by Crippen LogP contribution is 2.36. The van der Waals surface area contributed by atoms with Gasteiger partial charge < -0.3 is 5.32 Å². The Hall–Kier alpha value is -0.860. The van der Waals surface area contributed by atoms with E-state index in [1.165, 1.54) is 32.4 Å². The van der Waals surface area contributed by atoms with Crippen LogP contribution in [0.4, 0.5) is 0 Å². The van der Waals surface area contributed by atoms with Crippen molar-refractivity contribution in [2.24, 2.45) is 0 Å². The maximum absolute atomic E-state index is 3.50. The van der Waals surface area contributed by atoms with E-state index in [4.69, 9.17) is 0 Å². The van der Waals surface area contributed by atoms with E-state index in [1.54, 1.807) is 11.1 Å². The molecule has 1 fully saturated rings. The summed E-state index contributed by atoms with van der Waals surface area (Å²) in [6.45, 7) is 2.51. The van der Waals surface area contributed by atoms with E-state index < -0.39 is 0 Å². The van der Waals surface area contributed by atoms with E-state index in [1.807, 2.05) is 0 Å². The Bertz CT molecular complexity index is 375. The summed E-state index contributed by atoms with van der Waals surface area (Å²) in [5.74, 6) is 0. The van der Waals surface area contributed by atoms with Crippen molar-refractivity contribution in [2.45, 2.75) is 31.3 Å². The average Bonchev–Trinajstić information content (AvgIpc) is 2.37. The molecule has 1 N–H and O–H groups in total. The third-order valence-corrected chi connectivity index (χ3v) is 4.15. The van der Waals surface area contributed by atoms with Gasteiger partial charge in [0.1, 0.15) is 0 Å². The van der Waals surface area contributed by atoms with Crippen LogP contribution in [0.1, 0.15) is 30.0 Å². The Balaban J connectivity index is 2.00. The largest absolute Gasteiger partial charge is 0.315 e. The highest BCUT2D eigenvalue weighted by molar-refractivity contribution is 5.34. The average molecular weight is 216 g/mol. The Labute approximate surface area is 97.6 Å². The third-order valence-electron chi connectivity index (χ3n) is 4.15. The minimum atomic E-state index is 0.615. The van der Waals surface area contributed by atoms with Crippen LogP contribution in [0.2, 0.25) is 0 Å². The molecule has 0 amide bonds. The maximum Gasteiger partial charge on any atom is 0.0504 e. The molecular weight excluding hydrogens is 196 g/mol. The van der Waals surface area contributed by atoms with E-state index >= 15 is 0 Å². The smallest absolute Gasteiger partial charge is 0.0504 e. The van der Waals surface area contributed by atoms with Crippen molar-refractivity contribution in [2.75, 3.05) is 20.1 Å². The molecule has 2 aliphatic rings. The molecule has 2 nitrogen and oxygen atoms in total. The van der Waals surface area contributed by atoms with Crippen molar-refractivity contribution in [3.05, 3.63) is 35.4 Å². The molecule has 0 aromatic heterocycles. The number of benzene rings is 1. The first kappa shape index (κ1) is 10.3. The van der Waals surface area contributed by atoms with E-state index in [0.717, 1.165) is 0 Å². The molecule has 16 heavy (non-hydrogen) atoms. The molecular formula is C14H20N2. The number of fused-ring (bicyclic) bond motifs is 3. The molecule has 0 radical (unpaired) electrons. The van der Waals surface area contributed by atoms with Crippen LogP contribution in [0, 0.1) is 0 Å². The molecule has 2 heterocycles. The zero-order chi connectivity index (χ0) is 11.0. The molecule has 1 aromatic rings. The Morgan fingerprint density at radius 1 is 1.25 bits per heavy atom. The maximum atomic E-state index is 3.50. The molecule has 0 saturated carbocycles. The summed E-state index contributed by atoms with van der Waals surface area (Å²) in [6, 6.07) is 10.2. The van der Waals surface area contributed by atoms with E-state index in [0.29, 0.717) is 12.1 Å². The lowest BCUT2D eigenvalue weighted by molar-refractivity contribution is 0.106. The van der Waals surface area contributed by atoms with Crippen LogP contribution in [-0.4, -0.2) is 31.1 Å². The number of nitrogens with zero attached hydrogens (tertiary/aromatic N) is 1. The summed E-state index contributed by atoms with van der Waals surface area (Å²) < 4.78 is 0. The van der Waals surface area contributed by atoms with Gasteiger partial charge in [-0.05, 0) is 44.0 Å². The zero-order valence-corrected chi connectivity index (χ0v) is 9.95. The second-order valence-corrected chi connectivity index (χ2v) is 4.97. The lowest BCUT2D eigenvalue weighted by atomic mass is 9.84. The number of hydrogen-bond acceptors (Lipinski definition) is 2. The summed E-state index contributed by atoms with van der Waals surface area (Å²) in [4.78, 5) is 2.66. The fourth-order valence-corrected chi connectivity index (χ4v) is 3.35. The second-order valence-electron chi connectivity index (χ2n) is 4.97. The van der Waals surface area contributed by atoms with Gasteiger partial charge in [0.25, 0.3) is 0 Å². The monoisotopic (exact) mass is 216 g/mol.